The zero-order chi connectivity index (χ0) is 38.5. The maximum Gasteiger partial charge on any atom is 0.268 e. The summed E-state index contributed by atoms with van der Waals surface area (Å²) >= 11 is 0. The van der Waals surface area contributed by atoms with Gasteiger partial charge in [0.05, 0.1) is 22.2 Å². The molecule has 1 aliphatic heterocycles. The number of rotatable bonds is 12. The molecule has 1 atom stereocenters. The van der Waals surface area contributed by atoms with E-state index in [9.17, 15) is 18.4 Å². The fourth-order valence-corrected chi connectivity index (χ4v) is 8.01. The summed E-state index contributed by atoms with van der Waals surface area (Å²) in [5.41, 5.74) is 13.1. The number of allylic oxidation sites excluding steroid dienone is 2. The first-order chi connectivity index (χ1) is 27.3. The molecule has 6 aromatic rings. The molecule has 56 heavy (non-hydrogen) atoms. The van der Waals surface area contributed by atoms with Crippen LogP contribution in [-0.4, -0.2) is 50.4 Å². The van der Waals surface area contributed by atoms with Crippen molar-refractivity contribution >= 4 is 49.6 Å². The van der Waals surface area contributed by atoms with E-state index in [1.165, 1.54) is 23.8 Å². The summed E-state index contributed by atoms with van der Waals surface area (Å²) in [6.07, 6.45) is 7.78. The molecule has 8 rings (SSSR count). The maximum absolute atomic E-state index is 13.9. The summed E-state index contributed by atoms with van der Waals surface area (Å²) < 4.78 is 35.8. The van der Waals surface area contributed by atoms with E-state index in [4.69, 9.17) is 4.74 Å². The van der Waals surface area contributed by atoms with Gasteiger partial charge in [0.25, 0.3) is 15.9 Å². The highest BCUT2D eigenvalue weighted by Gasteiger charge is 2.29. The Morgan fingerprint density at radius 1 is 0.821 bits per heavy atom. The largest absolute Gasteiger partial charge is 0.761 e. The molecule has 0 bridgehead atoms. The first-order valence-electron chi connectivity index (χ1n) is 18.1. The summed E-state index contributed by atoms with van der Waals surface area (Å²) in [7, 11) is -4.42. The molecule has 280 valence electrons. The summed E-state index contributed by atoms with van der Waals surface area (Å²) in [5.74, 6) is -0.217. The van der Waals surface area contributed by atoms with Crippen LogP contribution >= 0.6 is 0 Å². The Kier molecular flexibility index (Phi) is 10.3. The Balaban J connectivity index is 1.05. The average molecular weight is 762 g/mol. The molecule has 11 nitrogen and oxygen atoms in total. The number of aromatic amines is 1. The summed E-state index contributed by atoms with van der Waals surface area (Å²) in [4.78, 5) is 21.4. The van der Waals surface area contributed by atoms with Crippen LogP contribution in [0, 0.1) is 5.21 Å². The third-order valence-corrected chi connectivity index (χ3v) is 11.1. The van der Waals surface area contributed by atoms with E-state index in [1.807, 2.05) is 72.9 Å². The summed E-state index contributed by atoms with van der Waals surface area (Å²) in [6, 6.07) is 36.2. The van der Waals surface area contributed by atoms with Crippen molar-refractivity contribution in [3.63, 3.8) is 0 Å². The Hall–Kier alpha value is -6.78. The number of benzene rings is 5. The second kappa shape index (κ2) is 15.9. The van der Waals surface area contributed by atoms with Crippen LogP contribution in [0.4, 0.5) is 22.7 Å². The zero-order valence-corrected chi connectivity index (χ0v) is 30.9. The standard InChI is InChI=1S/C44H37N6O5S/c51-44(48-56(53,54)37-18-21-40(41(30-37)47-52)46-34-14-8-3-9-15-34)38-19-16-35(29-42(38)55-36-17-20-39-33(28-36)22-23-45-39)49-24-26-50(27-25-49)43(31-10-4-1-5-11-31)32-12-6-2-7-13-32/h1,3-6,8-23,28-30,43,45-47H,24-27H2,(H,48,51)/q-1. The summed E-state index contributed by atoms with van der Waals surface area (Å²) in [6.45, 7) is 2.93. The maximum atomic E-state index is 13.9. The lowest BCUT2D eigenvalue weighted by Crippen LogP contribution is -2.48. The van der Waals surface area contributed by atoms with Crippen molar-refractivity contribution < 1.29 is 17.9 Å². The van der Waals surface area contributed by atoms with Crippen LogP contribution in [-0.2, 0) is 10.0 Å². The van der Waals surface area contributed by atoms with Gasteiger partial charge in [-0.3, -0.25) is 9.69 Å². The van der Waals surface area contributed by atoms with E-state index in [-0.39, 0.29) is 27.9 Å². The van der Waals surface area contributed by atoms with Crippen molar-refractivity contribution in [1.82, 2.24) is 14.6 Å². The van der Waals surface area contributed by atoms with Crippen LogP contribution < -0.4 is 25.2 Å². The Labute approximate surface area is 324 Å². The van der Waals surface area contributed by atoms with E-state index in [0.717, 1.165) is 35.3 Å². The number of para-hydroxylation sites is 1. The number of aromatic nitrogens is 1. The highest BCUT2D eigenvalue weighted by molar-refractivity contribution is 7.90. The minimum Gasteiger partial charge on any atom is -0.761 e. The molecule has 1 unspecified atom stereocenters. The fraction of sp³-hybridized carbons (Fsp3) is 0.114. The number of sulfonamides is 1. The SMILES string of the molecule is O=C(NS(=O)(=O)c1ccc(Nc2ccccc2)c(N[O-])c1)c1ccc(N2CCN(C(C3=CC=C=C=C3)c3ccccc3)CC2)cc1Oc1ccc2[nH]ccc2c1. The van der Waals surface area contributed by atoms with Crippen LogP contribution in [0.25, 0.3) is 10.9 Å². The van der Waals surface area contributed by atoms with Gasteiger partial charge in [0.1, 0.15) is 11.5 Å². The van der Waals surface area contributed by atoms with Gasteiger partial charge in [0.15, 0.2) is 0 Å². The topological polar surface area (TPSA) is 142 Å². The molecule has 2 heterocycles. The van der Waals surface area contributed by atoms with Crippen LogP contribution in [0.5, 0.6) is 11.5 Å². The smallest absolute Gasteiger partial charge is 0.268 e. The van der Waals surface area contributed by atoms with Crippen LogP contribution in [0.15, 0.2) is 168 Å². The Morgan fingerprint density at radius 2 is 1.61 bits per heavy atom. The third-order valence-electron chi connectivity index (χ3n) is 9.81. The number of anilines is 4. The van der Waals surface area contributed by atoms with E-state index < -0.39 is 15.9 Å². The molecule has 2 aliphatic rings. The molecule has 1 fully saturated rings. The quantitative estimate of drug-likeness (QED) is 0.0715. The average Bonchev–Trinajstić information content (AvgIpc) is 3.70. The van der Waals surface area contributed by atoms with E-state index in [0.29, 0.717) is 30.2 Å². The lowest BCUT2D eigenvalue weighted by Gasteiger charge is -2.41. The molecule has 1 saturated heterocycles. The van der Waals surface area contributed by atoms with Crippen molar-refractivity contribution in [2.45, 2.75) is 10.9 Å². The number of hydrogen-bond donors (Lipinski definition) is 4. The molecule has 1 amide bonds. The number of amides is 1. The zero-order valence-electron chi connectivity index (χ0n) is 30.1. The number of H-pyrrole nitrogens is 1. The lowest BCUT2D eigenvalue weighted by molar-refractivity contribution is 0.0979. The van der Waals surface area contributed by atoms with Crippen molar-refractivity contribution in [2.75, 3.05) is 41.9 Å². The molecule has 0 spiro atoms. The second-order valence-electron chi connectivity index (χ2n) is 13.3. The van der Waals surface area contributed by atoms with Gasteiger partial charge in [-0.05, 0) is 96.1 Å². The van der Waals surface area contributed by atoms with Gasteiger partial charge >= 0.3 is 0 Å². The molecule has 4 N–H and O–H groups in total. The van der Waals surface area contributed by atoms with Crippen molar-refractivity contribution in [3.8, 4) is 11.5 Å². The van der Waals surface area contributed by atoms with Gasteiger partial charge < -0.3 is 30.6 Å². The highest BCUT2D eigenvalue weighted by Crippen LogP contribution is 2.35. The number of carbonyl (C=O) groups excluding carboxylic acids is 1. The first kappa shape index (κ1) is 36.2. The van der Waals surface area contributed by atoms with Gasteiger partial charge in [-0.15, -0.1) is 0 Å². The molecular weight excluding hydrogens is 725 g/mol. The highest BCUT2D eigenvalue weighted by atomic mass is 32.2. The van der Waals surface area contributed by atoms with Crippen LogP contribution in [0.3, 0.4) is 0 Å². The number of hydrogen-bond acceptors (Lipinski definition) is 9. The Bertz CT molecular complexity index is 2640. The molecular formula is C44H37N6O5S-. The predicted molar refractivity (Wildman–Crippen MR) is 220 cm³/mol. The van der Waals surface area contributed by atoms with Crippen molar-refractivity contribution in [2.24, 2.45) is 0 Å². The van der Waals surface area contributed by atoms with Crippen molar-refractivity contribution in [3.05, 3.63) is 179 Å². The number of ether oxygens (including phenoxy) is 1. The van der Waals surface area contributed by atoms with Gasteiger partial charge in [0, 0.05) is 66.4 Å². The molecule has 0 saturated carbocycles. The number of nitrogens with one attached hydrogen (secondary N) is 4. The monoisotopic (exact) mass is 761 g/mol. The minimum absolute atomic E-state index is 0.00602. The molecule has 5 aromatic carbocycles. The van der Waals surface area contributed by atoms with Gasteiger partial charge in [-0.2, -0.15) is 0 Å². The van der Waals surface area contributed by atoms with Crippen molar-refractivity contribution in [1.29, 1.82) is 0 Å². The summed E-state index contributed by atoms with van der Waals surface area (Å²) in [5, 5.41) is 15.9. The number of carbonyl (C=O) groups is 1. The van der Waals surface area contributed by atoms with Gasteiger partial charge in [-0.25, -0.2) is 13.1 Å². The number of fused-ring (bicyclic) bond motifs is 1. The first-order valence-corrected chi connectivity index (χ1v) is 19.5. The molecule has 1 aliphatic carbocycles. The number of piperazine rings is 1. The number of nitrogens with zero attached hydrogens (tertiary/aromatic N) is 2. The van der Waals surface area contributed by atoms with Crippen LogP contribution in [0.1, 0.15) is 22.0 Å². The molecule has 12 heteroatoms. The molecule has 0 radical (unpaired) electrons. The molecule has 1 aromatic heterocycles. The second-order valence-corrected chi connectivity index (χ2v) is 15.0. The van der Waals surface area contributed by atoms with Gasteiger partial charge in [-0.1, -0.05) is 60.0 Å². The van der Waals surface area contributed by atoms with E-state index >= 15 is 0 Å². The third kappa shape index (κ3) is 7.87. The van der Waals surface area contributed by atoms with Crippen LogP contribution in [0.2, 0.25) is 0 Å². The minimum atomic E-state index is -4.42. The van der Waals surface area contributed by atoms with E-state index in [1.54, 1.807) is 29.7 Å². The fourth-order valence-electron chi connectivity index (χ4n) is 7.02. The van der Waals surface area contributed by atoms with Gasteiger partial charge in [0.2, 0.25) is 0 Å². The lowest BCUT2D eigenvalue weighted by atomic mass is 9.95. The Morgan fingerprint density at radius 3 is 2.36 bits per heavy atom. The normalized spacial score (nSPS) is 14.7. The predicted octanol–water partition coefficient (Wildman–Crippen LogP) is 8.40. The van der Waals surface area contributed by atoms with E-state index in [2.05, 4.69) is 66.6 Å².